The highest BCUT2D eigenvalue weighted by atomic mass is 19.1. The second-order valence-electron chi connectivity index (χ2n) is 5.07. The van der Waals surface area contributed by atoms with E-state index >= 15 is 0 Å². The molecule has 0 heterocycles. The highest BCUT2D eigenvalue weighted by molar-refractivity contribution is 5.96. The third kappa shape index (κ3) is 2.30. The first kappa shape index (κ1) is 12.8. The molecule has 1 N–H and O–H groups in total. The van der Waals surface area contributed by atoms with Crippen molar-refractivity contribution in [1.29, 1.82) is 0 Å². The van der Waals surface area contributed by atoms with Crippen LogP contribution < -0.4 is 5.32 Å². The molecule has 18 heavy (non-hydrogen) atoms. The second kappa shape index (κ2) is 4.92. The Morgan fingerprint density at radius 1 is 1.50 bits per heavy atom. The fourth-order valence-corrected chi connectivity index (χ4v) is 2.55. The van der Waals surface area contributed by atoms with Gasteiger partial charge in [-0.3, -0.25) is 4.79 Å². The lowest BCUT2D eigenvalue weighted by atomic mass is 9.90. The molecule has 1 aliphatic rings. The van der Waals surface area contributed by atoms with E-state index in [0.29, 0.717) is 11.8 Å². The predicted octanol–water partition coefficient (Wildman–Crippen LogP) is 3.10. The van der Waals surface area contributed by atoms with E-state index in [1.165, 1.54) is 12.1 Å². The Hall–Kier alpha value is -1.64. The molecule has 3 heteroatoms. The molecule has 0 saturated carbocycles. The first-order valence-corrected chi connectivity index (χ1v) is 6.25. The molecule has 1 aromatic carbocycles. The number of rotatable bonds is 2. The average Bonchev–Trinajstić information content (AvgIpc) is 2.67. The first-order chi connectivity index (χ1) is 8.52. The number of benzene rings is 1. The Morgan fingerprint density at radius 2 is 2.22 bits per heavy atom. The number of allylic oxidation sites excluding steroid dienone is 1. The minimum absolute atomic E-state index is 0.135. The normalized spacial score (nSPS) is 20.3. The minimum Gasteiger partial charge on any atom is -0.356 e. The van der Waals surface area contributed by atoms with Crippen molar-refractivity contribution in [1.82, 2.24) is 5.32 Å². The molecule has 1 aliphatic carbocycles. The van der Waals surface area contributed by atoms with Crippen LogP contribution in [0, 0.1) is 11.7 Å². The first-order valence-electron chi connectivity index (χ1n) is 6.25. The van der Waals surface area contributed by atoms with Gasteiger partial charge in [0.15, 0.2) is 0 Å². The number of likely N-dealkylation sites (N-methyl/N-ethyl adjacent to an activating group) is 1. The monoisotopic (exact) mass is 247 g/mol. The fraction of sp³-hybridized carbons (Fsp3) is 0.400. The van der Waals surface area contributed by atoms with E-state index in [1.54, 1.807) is 13.1 Å². The summed E-state index contributed by atoms with van der Waals surface area (Å²) < 4.78 is 13.4. The molecule has 1 amide bonds. The Kier molecular flexibility index (Phi) is 3.50. The average molecular weight is 247 g/mol. The zero-order chi connectivity index (χ0) is 13.3. The van der Waals surface area contributed by atoms with E-state index in [-0.39, 0.29) is 11.7 Å². The zero-order valence-corrected chi connectivity index (χ0v) is 11.0. The maximum absolute atomic E-state index is 13.4. The van der Waals surface area contributed by atoms with Crippen LogP contribution in [0.2, 0.25) is 0 Å². The van der Waals surface area contributed by atoms with Crippen molar-refractivity contribution in [3.63, 3.8) is 0 Å². The number of nitrogens with one attached hydrogen (secondary N) is 1. The van der Waals surface area contributed by atoms with Crippen LogP contribution in [0.25, 0.3) is 5.57 Å². The van der Waals surface area contributed by atoms with Crippen molar-refractivity contribution < 1.29 is 9.18 Å². The van der Waals surface area contributed by atoms with Crippen molar-refractivity contribution in [2.75, 3.05) is 7.05 Å². The third-order valence-electron chi connectivity index (χ3n) is 3.56. The van der Waals surface area contributed by atoms with Crippen LogP contribution >= 0.6 is 0 Å². The van der Waals surface area contributed by atoms with Crippen LogP contribution in [0.5, 0.6) is 0 Å². The summed E-state index contributed by atoms with van der Waals surface area (Å²) in [5.74, 6) is 0.465. The Balaban J connectivity index is 2.47. The molecule has 1 unspecified atom stereocenters. The number of halogens is 1. The highest BCUT2D eigenvalue weighted by Crippen LogP contribution is 2.44. The van der Waals surface area contributed by atoms with Crippen LogP contribution in [-0.4, -0.2) is 13.0 Å². The molecule has 0 radical (unpaired) electrons. The summed E-state index contributed by atoms with van der Waals surface area (Å²) in [5.41, 5.74) is 2.97. The predicted molar refractivity (Wildman–Crippen MR) is 70.6 cm³/mol. The second-order valence-corrected chi connectivity index (χ2v) is 5.07. The summed E-state index contributed by atoms with van der Waals surface area (Å²) in [6.07, 6.45) is 2.39. The number of fused-ring (bicyclic) bond motifs is 1. The quantitative estimate of drug-likeness (QED) is 0.799. The molecule has 0 fully saturated rings. The van der Waals surface area contributed by atoms with E-state index in [4.69, 9.17) is 0 Å². The van der Waals surface area contributed by atoms with Crippen LogP contribution in [0.1, 0.15) is 37.3 Å². The van der Waals surface area contributed by atoms with Crippen molar-refractivity contribution in [2.45, 2.75) is 26.2 Å². The largest absolute Gasteiger partial charge is 0.356 e. The minimum atomic E-state index is -0.249. The maximum Gasteiger partial charge on any atom is 0.244 e. The summed E-state index contributed by atoms with van der Waals surface area (Å²) in [5, 5.41) is 2.57. The van der Waals surface area contributed by atoms with Crippen LogP contribution in [-0.2, 0) is 4.79 Å². The van der Waals surface area contributed by atoms with Gasteiger partial charge in [0.1, 0.15) is 5.82 Å². The molecule has 0 spiro atoms. The third-order valence-corrected chi connectivity index (χ3v) is 3.56. The number of carbonyl (C=O) groups excluding carboxylic acids is 1. The van der Waals surface area contributed by atoms with Gasteiger partial charge in [0.05, 0.1) is 0 Å². The molecule has 0 saturated heterocycles. The Labute approximate surface area is 107 Å². The van der Waals surface area contributed by atoms with Gasteiger partial charge in [-0.2, -0.15) is 0 Å². The van der Waals surface area contributed by atoms with Gasteiger partial charge in [-0.05, 0) is 47.1 Å². The molecular formula is C15H18FNO. The van der Waals surface area contributed by atoms with E-state index < -0.39 is 0 Å². The van der Waals surface area contributed by atoms with E-state index in [2.05, 4.69) is 19.2 Å². The summed E-state index contributed by atoms with van der Waals surface area (Å²) in [6.45, 7) is 4.31. The van der Waals surface area contributed by atoms with Crippen molar-refractivity contribution in [3.05, 3.63) is 41.2 Å². The molecule has 0 bridgehead atoms. The van der Waals surface area contributed by atoms with Gasteiger partial charge in [0.25, 0.3) is 0 Å². The van der Waals surface area contributed by atoms with E-state index in [9.17, 15) is 9.18 Å². The molecule has 0 aliphatic heterocycles. The summed E-state index contributed by atoms with van der Waals surface area (Å²) in [6, 6.07) is 4.88. The van der Waals surface area contributed by atoms with E-state index in [0.717, 1.165) is 23.1 Å². The maximum atomic E-state index is 13.4. The molecule has 1 atom stereocenters. The number of hydrogen-bond acceptors (Lipinski definition) is 1. The lowest BCUT2D eigenvalue weighted by Crippen LogP contribution is -2.14. The molecule has 1 aromatic rings. The molecule has 2 nitrogen and oxygen atoms in total. The van der Waals surface area contributed by atoms with Crippen molar-refractivity contribution in [2.24, 2.45) is 5.92 Å². The van der Waals surface area contributed by atoms with Gasteiger partial charge in [0.2, 0.25) is 5.91 Å². The van der Waals surface area contributed by atoms with Gasteiger partial charge in [-0.25, -0.2) is 4.39 Å². The lowest BCUT2D eigenvalue weighted by Gasteiger charge is -2.14. The summed E-state index contributed by atoms with van der Waals surface area (Å²) >= 11 is 0. The van der Waals surface area contributed by atoms with Crippen molar-refractivity contribution >= 4 is 11.5 Å². The van der Waals surface area contributed by atoms with Crippen LogP contribution in [0.4, 0.5) is 4.39 Å². The van der Waals surface area contributed by atoms with Gasteiger partial charge in [-0.15, -0.1) is 0 Å². The van der Waals surface area contributed by atoms with Gasteiger partial charge in [0, 0.05) is 13.1 Å². The van der Waals surface area contributed by atoms with Gasteiger partial charge in [-0.1, -0.05) is 19.9 Å². The lowest BCUT2D eigenvalue weighted by molar-refractivity contribution is -0.116. The number of hydrogen-bond donors (Lipinski definition) is 1. The Morgan fingerprint density at radius 3 is 2.83 bits per heavy atom. The van der Waals surface area contributed by atoms with Crippen LogP contribution in [0.3, 0.4) is 0 Å². The number of amides is 1. The SMILES string of the molecule is CNC(=O)/C=C1\CC(C(C)C)c2ccc(F)cc21. The molecular weight excluding hydrogens is 229 g/mol. The molecule has 2 rings (SSSR count). The van der Waals surface area contributed by atoms with Crippen molar-refractivity contribution in [3.8, 4) is 0 Å². The smallest absolute Gasteiger partial charge is 0.244 e. The standard InChI is InChI=1S/C15H18FNO/c1-9(2)13-6-10(7-15(18)17-3)14-8-11(16)4-5-12(13)14/h4-5,7-9,13H,6H2,1-3H3,(H,17,18)/b10-7+. The topological polar surface area (TPSA) is 29.1 Å². The molecule has 96 valence electrons. The van der Waals surface area contributed by atoms with E-state index in [1.807, 2.05) is 6.07 Å². The summed E-state index contributed by atoms with van der Waals surface area (Å²) in [4.78, 5) is 11.5. The zero-order valence-electron chi connectivity index (χ0n) is 11.0. The Bertz CT molecular complexity index is 505. The van der Waals surface area contributed by atoms with Gasteiger partial charge < -0.3 is 5.32 Å². The molecule has 0 aromatic heterocycles. The highest BCUT2D eigenvalue weighted by Gasteiger charge is 2.29. The number of carbonyl (C=O) groups is 1. The van der Waals surface area contributed by atoms with Gasteiger partial charge >= 0.3 is 0 Å². The van der Waals surface area contributed by atoms with Crippen LogP contribution in [0.15, 0.2) is 24.3 Å². The fourth-order valence-electron chi connectivity index (χ4n) is 2.55. The summed E-state index contributed by atoms with van der Waals surface area (Å²) in [7, 11) is 1.60.